The van der Waals surface area contributed by atoms with Crippen LogP contribution in [0.2, 0.25) is 0 Å². The average Bonchev–Trinajstić information content (AvgIpc) is 3.12. The second kappa shape index (κ2) is 7.42. The molecular weight excluding hydrogens is 398 g/mol. The quantitative estimate of drug-likeness (QED) is 0.726. The van der Waals surface area contributed by atoms with Gasteiger partial charge in [-0.15, -0.1) is 0 Å². The molecule has 1 saturated heterocycles. The topological polar surface area (TPSA) is 113 Å². The first-order valence-electron chi connectivity index (χ1n) is 9.36. The maximum atomic E-state index is 13.2. The third-order valence-electron chi connectivity index (χ3n) is 5.27. The smallest absolute Gasteiger partial charge is 0.325 e. The van der Waals surface area contributed by atoms with E-state index in [1.165, 1.54) is 11.8 Å². The second-order valence-corrected chi connectivity index (χ2v) is 9.75. The Morgan fingerprint density at radius 2 is 1.93 bits per heavy atom. The number of carbonyl (C=O) groups excluding carboxylic acids is 3. The molecule has 2 heterocycles. The first-order chi connectivity index (χ1) is 13.4. The van der Waals surface area contributed by atoms with Gasteiger partial charge in [0.05, 0.1) is 17.6 Å². The van der Waals surface area contributed by atoms with E-state index in [0.717, 1.165) is 10.6 Å². The lowest BCUT2D eigenvalue weighted by Gasteiger charge is -2.42. The summed E-state index contributed by atoms with van der Waals surface area (Å²) in [4.78, 5) is 39.6. The fourth-order valence-corrected chi connectivity index (χ4v) is 4.82. The van der Waals surface area contributed by atoms with Gasteiger partial charge in [0, 0.05) is 6.54 Å². The Morgan fingerprint density at radius 1 is 1.28 bits per heavy atom. The molecule has 2 aliphatic rings. The minimum atomic E-state index is -3.55. The largest absolute Gasteiger partial charge is 0.451 e. The fourth-order valence-electron chi connectivity index (χ4n) is 3.70. The van der Waals surface area contributed by atoms with Gasteiger partial charge in [-0.3, -0.25) is 19.3 Å². The molecule has 10 heteroatoms. The van der Waals surface area contributed by atoms with Crippen LogP contribution in [0.4, 0.5) is 11.4 Å². The predicted molar refractivity (Wildman–Crippen MR) is 107 cm³/mol. The molecule has 1 aromatic rings. The molecule has 0 aromatic heterocycles. The number of para-hydroxylation sites is 2. The number of sulfonamides is 1. The maximum Gasteiger partial charge on any atom is 0.325 e. The number of carbonyl (C=O) groups is 3. The van der Waals surface area contributed by atoms with Gasteiger partial charge in [0.1, 0.15) is 11.6 Å². The number of fused-ring (bicyclic) bond motifs is 1. The average molecular weight is 423 g/mol. The molecule has 0 aliphatic carbocycles. The van der Waals surface area contributed by atoms with E-state index < -0.39 is 39.6 Å². The molecule has 2 amide bonds. The number of ether oxygens (including phenoxy) is 1. The summed E-state index contributed by atoms with van der Waals surface area (Å²) < 4.78 is 30.2. The predicted octanol–water partition coefficient (Wildman–Crippen LogP) is 1.11. The molecule has 2 atom stereocenters. The van der Waals surface area contributed by atoms with E-state index in [0.29, 0.717) is 24.2 Å². The van der Waals surface area contributed by atoms with Crippen molar-refractivity contribution in [1.82, 2.24) is 4.31 Å². The highest BCUT2D eigenvalue weighted by Crippen LogP contribution is 2.37. The van der Waals surface area contributed by atoms with E-state index in [1.54, 1.807) is 38.1 Å². The van der Waals surface area contributed by atoms with Gasteiger partial charge in [-0.1, -0.05) is 12.1 Å². The zero-order chi connectivity index (χ0) is 21.6. The number of nitrogens with zero attached hydrogens (tertiary/aromatic N) is 2. The van der Waals surface area contributed by atoms with Crippen LogP contribution in [0, 0.1) is 0 Å². The molecule has 1 N–H and O–H groups in total. The molecule has 0 spiro atoms. The second-order valence-electron chi connectivity index (χ2n) is 7.81. The summed E-state index contributed by atoms with van der Waals surface area (Å²) in [6.45, 7) is 4.87. The van der Waals surface area contributed by atoms with Gasteiger partial charge in [0.25, 0.3) is 5.91 Å². The van der Waals surface area contributed by atoms with Gasteiger partial charge in [0.15, 0.2) is 6.10 Å². The van der Waals surface area contributed by atoms with Crippen molar-refractivity contribution < 1.29 is 27.5 Å². The normalized spacial score (nSPS) is 22.6. The zero-order valence-corrected chi connectivity index (χ0v) is 17.7. The van der Waals surface area contributed by atoms with Crippen molar-refractivity contribution in [3.8, 4) is 0 Å². The van der Waals surface area contributed by atoms with E-state index in [1.807, 2.05) is 0 Å². The first kappa shape index (κ1) is 21.3. The summed E-state index contributed by atoms with van der Waals surface area (Å²) in [7, 11) is -3.55. The standard InChI is InChI=1S/C19H25N3O6S/c1-12(28-17(24)15-10-7-11-21(15)29(4,26)27)16(23)22-14-9-6-5-8-13(14)20-18(25)19(22,2)3/h5-6,8-9,12,15H,7,10-11H2,1-4H3,(H,20,25)/t12-,15+/m0/s1. The van der Waals surface area contributed by atoms with Crippen molar-refractivity contribution >= 4 is 39.2 Å². The number of amides is 2. The lowest BCUT2D eigenvalue weighted by Crippen LogP contribution is -2.60. The molecule has 158 valence electrons. The van der Waals surface area contributed by atoms with E-state index in [9.17, 15) is 22.8 Å². The minimum Gasteiger partial charge on any atom is -0.451 e. The third kappa shape index (κ3) is 3.86. The molecule has 1 fully saturated rings. The molecule has 1 aromatic carbocycles. The third-order valence-corrected chi connectivity index (χ3v) is 6.56. The Balaban J connectivity index is 1.83. The van der Waals surface area contributed by atoms with Gasteiger partial charge >= 0.3 is 5.97 Å². The number of nitrogens with one attached hydrogen (secondary N) is 1. The van der Waals surface area contributed by atoms with Crippen molar-refractivity contribution in [2.24, 2.45) is 0 Å². The van der Waals surface area contributed by atoms with Gasteiger partial charge in [0.2, 0.25) is 15.9 Å². The Hall–Kier alpha value is -2.46. The van der Waals surface area contributed by atoms with Crippen LogP contribution in [0.5, 0.6) is 0 Å². The van der Waals surface area contributed by atoms with E-state index >= 15 is 0 Å². The molecule has 2 aliphatic heterocycles. The number of esters is 1. The number of rotatable bonds is 4. The minimum absolute atomic E-state index is 0.244. The molecule has 9 nitrogen and oxygen atoms in total. The van der Waals surface area contributed by atoms with E-state index in [4.69, 9.17) is 4.74 Å². The van der Waals surface area contributed by atoms with Crippen molar-refractivity contribution in [1.29, 1.82) is 0 Å². The molecular formula is C19H25N3O6S. The summed E-state index contributed by atoms with van der Waals surface area (Å²) in [5, 5.41) is 2.77. The number of benzene rings is 1. The molecule has 0 unspecified atom stereocenters. The van der Waals surface area contributed by atoms with Gasteiger partial charge in [-0.25, -0.2) is 8.42 Å². The molecule has 0 bridgehead atoms. The van der Waals surface area contributed by atoms with Crippen molar-refractivity contribution in [2.45, 2.75) is 51.3 Å². The summed E-state index contributed by atoms with van der Waals surface area (Å²) in [5.74, 6) is -1.68. The van der Waals surface area contributed by atoms with Crippen molar-refractivity contribution in [3.05, 3.63) is 24.3 Å². The summed E-state index contributed by atoms with van der Waals surface area (Å²) in [6.07, 6.45) is 0.733. The lowest BCUT2D eigenvalue weighted by molar-refractivity contribution is -0.157. The fraction of sp³-hybridized carbons (Fsp3) is 0.526. The Kier molecular flexibility index (Phi) is 5.44. The molecule has 3 rings (SSSR count). The van der Waals surface area contributed by atoms with Crippen LogP contribution < -0.4 is 10.2 Å². The van der Waals surface area contributed by atoms with Crippen LogP contribution in [0.25, 0.3) is 0 Å². The summed E-state index contributed by atoms with van der Waals surface area (Å²) >= 11 is 0. The summed E-state index contributed by atoms with van der Waals surface area (Å²) in [5.41, 5.74) is -0.204. The monoisotopic (exact) mass is 423 g/mol. The highest BCUT2D eigenvalue weighted by Gasteiger charge is 2.46. The van der Waals surface area contributed by atoms with Crippen LogP contribution >= 0.6 is 0 Å². The van der Waals surface area contributed by atoms with Gasteiger partial charge in [-0.2, -0.15) is 4.31 Å². The summed E-state index contributed by atoms with van der Waals surface area (Å²) in [6, 6.07) is 5.92. The molecule has 29 heavy (non-hydrogen) atoms. The van der Waals surface area contributed by atoms with Crippen molar-refractivity contribution in [2.75, 3.05) is 23.0 Å². The Morgan fingerprint density at radius 3 is 2.59 bits per heavy atom. The Bertz CT molecular complexity index is 958. The van der Waals surface area contributed by atoms with E-state index in [-0.39, 0.29) is 12.5 Å². The lowest BCUT2D eigenvalue weighted by atomic mass is 9.95. The Labute approximate surface area is 170 Å². The molecule has 0 saturated carbocycles. The first-order valence-corrected chi connectivity index (χ1v) is 11.2. The zero-order valence-electron chi connectivity index (χ0n) is 16.8. The van der Waals surface area contributed by atoms with Crippen molar-refractivity contribution in [3.63, 3.8) is 0 Å². The van der Waals surface area contributed by atoms with Crippen LogP contribution in [0.1, 0.15) is 33.6 Å². The van der Waals surface area contributed by atoms with Crippen LogP contribution in [-0.2, 0) is 29.1 Å². The molecule has 0 radical (unpaired) electrons. The van der Waals surface area contributed by atoms with Crippen LogP contribution in [-0.4, -0.2) is 61.0 Å². The van der Waals surface area contributed by atoms with Crippen LogP contribution in [0.15, 0.2) is 24.3 Å². The number of hydrogen-bond donors (Lipinski definition) is 1. The van der Waals surface area contributed by atoms with E-state index in [2.05, 4.69) is 5.32 Å². The highest BCUT2D eigenvalue weighted by molar-refractivity contribution is 7.88. The number of anilines is 2. The SMILES string of the molecule is C[C@H](OC(=O)[C@H]1CCCN1S(C)(=O)=O)C(=O)N1c2ccccc2NC(=O)C1(C)C. The highest BCUT2D eigenvalue weighted by atomic mass is 32.2. The number of hydrogen-bond acceptors (Lipinski definition) is 6. The van der Waals surface area contributed by atoms with Gasteiger partial charge in [-0.05, 0) is 45.7 Å². The maximum absolute atomic E-state index is 13.2. The van der Waals surface area contributed by atoms with Gasteiger partial charge < -0.3 is 10.1 Å². The van der Waals surface area contributed by atoms with Crippen LogP contribution in [0.3, 0.4) is 0 Å².